The van der Waals surface area contributed by atoms with E-state index in [9.17, 15) is 0 Å². The Morgan fingerprint density at radius 1 is 1.22 bits per heavy atom. The van der Waals surface area contributed by atoms with E-state index in [0.29, 0.717) is 17.5 Å². The van der Waals surface area contributed by atoms with E-state index in [1.54, 1.807) is 0 Å². The molecule has 0 aromatic heterocycles. The minimum Gasteiger partial charge on any atom is -0.372 e. The lowest BCUT2D eigenvalue weighted by atomic mass is 9.89. The molecule has 1 aromatic rings. The van der Waals surface area contributed by atoms with E-state index in [1.165, 1.54) is 23.4 Å². The van der Waals surface area contributed by atoms with E-state index in [0.717, 1.165) is 10.9 Å². The fourth-order valence-corrected chi connectivity index (χ4v) is 4.56. The Morgan fingerprint density at radius 2 is 1.94 bits per heavy atom. The van der Waals surface area contributed by atoms with Crippen molar-refractivity contribution >= 4 is 29.1 Å². The number of hydrogen-bond donors (Lipinski definition) is 2. The monoisotopic (exact) mass is 282 g/mol. The Morgan fingerprint density at radius 3 is 2.67 bits per heavy atom. The van der Waals surface area contributed by atoms with Gasteiger partial charge in [-0.05, 0) is 50.8 Å². The first-order valence-electron chi connectivity index (χ1n) is 6.60. The van der Waals surface area contributed by atoms with Crippen LogP contribution in [0.3, 0.4) is 0 Å². The van der Waals surface area contributed by atoms with Crippen molar-refractivity contribution in [1.29, 1.82) is 0 Å². The fourth-order valence-electron chi connectivity index (χ4n) is 3.12. The summed E-state index contributed by atoms with van der Waals surface area (Å²) < 4.78 is 0. The van der Waals surface area contributed by atoms with Crippen molar-refractivity contribution in [3.63, 3.8) is 0 Å². The fraction of sp³-hybridized carbons (Fsp3) is 0.571. The second-order valence-corrected chi connectivity index (χ2v) is 7.14. The molecule has 1 aromatic carbocycles. The number of benzene rings is 1. The minimum absolute atomic E-state index is 0.505. The molecule has 2 N–H and O–H groups in total. The highest BCUT2D eigenvalue weighted by Gasteiger charge is 2.33. The van der Waals surface area contributed by atoms with Gasteiger partial charge in [-0.2, -0.15) is 0 Å². The molecule has 0 amide bonds. The van der Waals surface area contributed by atoms with Crippen molar-refractivity contribution < 1.29 is 0 Å². The lowest BCUT2D eigenvalue weighted by Gasteiger charge is -2.35. The van der Waals surface area contributed by atoms with Gasteiger partial charge >= 0.3 is 0 Å². The van der Waals surface area contributed by atoms with E-state index in [2.05, 4.69) is 30.5 Å². The minimum atomic E-state index is 0.505. The van der Waals surface area contributed by atoms with Crippen molar-refractivity contribution in [2.45, 2.75) is 49.0 Å². The molecule has 1 saturated heterocycles. The zero-order chi connectivity index (χ0) is 12.7. The first-order chi connectivity index (χ1) is 8.61. The van der Waals surface area contributed by atoms with Gasteiger partial charge in [0.1, 0.15) is 0 Å². The third-order valence-corrected chi connectivity index (χ3v) is 5.40. The van der Waals surface area contributed by atoms with Crippen LogP contribution in [0.4, 0.5) is 5.69 Å². The first kappa shape index (κ1) is 12.6. The van der Waals surface area contributed by atoms with Gasteiger partial charge < -0.3 is 10.6 Å². The number of thioether (sulfide) groups is 1. The third kappa shape index (κ3) is 2.49. The smallest absolute Gasteiger partial charge is 0.0799 e. The number of halogens is 1. The predicted octanol–water partition coefficient (Wildman–Crippen LogP) is 3.96. The first-order valence-corrected chi connectivity index (χ1v) is 7.86. The molecule has 0 bridgehead atoms. The van der Waals surface area contributed by atoms with Crippen LogP contribution in [0.15, 0.2) is 23.1 Å². The van der Waals surface area contributed by atoms with Crippen LogP contribution in [0.2, 0.25) is 5.02 Å². The van der Waals surface area contributed by atoms with E-state index in [-0.39, 0.29) is 0 Å². The van der Waals surface area contributed by atoms with Gasteiger partial charge in [0, 0.05) is 22.0 Å². The zero-order valence-corrected chi connectivity index (χ0v) is 12.3. The zero-order valence-electron chi connectivity index (χ0n) is 10.7. The van der Waals surface area contributed by atoms with Crippen molar-refractivity contribution in [1.82, 2.24) is 5.32 Å². The van der Waals surface area contributed by atoms with Crippen LogP contribution in [0.1, 0.15) is 26.7 Å². The van der Waals surface area contributed by atoms with Crippen LogP contribution >= 0.6 is 23.4 Å². The topological polar surface area (TPSA) is 24.1 Å². The summed E-state index contributed by atoms with van der Waals surface area (Å²) in [5.41, 5.74) is 1.20. The molecule has 0 saturated carbocycles. The molecule has 2 aliphatic rings. The Labute approximate surface area is 118 Å². The summed E-state index contributed by atoms with van der Waals surface area (Å²) >= 11 is 8.00. The summed E-state index contributed by atoms with van der Waals surface area (Å²) in [6.45, 7) is 4.57. The third-order valence-electron chi connectivity index (χ3n) is 3.80. The van der Waals surface area contributed by atoms with Crippen LogP contribution in [0, 0.1) is 5.92 Å². The van der Waals surface area contributed by atoms with Gasteiger partial charge in [0.25, 0.3) is 0 Å². The average Bonchev–Trinajstić information content (AvgIpc) is 2.70. The standard InChI is InChI=1S/C14H19ClN2S/c1-8-5-10(6-9(2)16-8)14-17-12-7-11(15)3-4-13(12)18-14/h3-4,7-10,14,16-17H,5-6H2,1-2H3/t8-,9+,10?,14?. The maximum atomic E-state index is 6.04. The molecule has 2 nitrogen and oxygen atoms in total. The molecule has 18 heavy (non-hydrogen) atoms. The Balaban J connectivity index is 1.73. The van der Waals surface area contributed by atoms with E-state index in [4.69, 9.17) is 11.6 Å². The molecule has 0 radical (unpaired) electrons. The van der Waals surface area contributed by atoms with Crippen LogP contribution in [0.25, 0.3) is 0 Å². The molecular formula is C14H19ClN2S. The molecule has 0 spiro atoms. The second-order valence-electron chi connectivity index (χ2n) is 5.52. The largest absolute Gasteiger partial charge is 0.372 e. The summed E-state index contributed by atoms with van der Waals surface area (Å²) in [6.07, 6.45) is 2.49. The van der Waals surface area contributed by atoms with Gasteiger partial charge in [-0.25, -0.2) is 0 Å². The molecule has 0 aliphatic carbocycles. The maximum Gasteiger partial charge on any atom is 0.0799 e. The summed E-state index contributed by atoms with van der Waals surface area (Å²) in [5, 5.41) is 8.56. The Kier molecular flexibility index (Phi) is 3.48. The highest BCUT2D eigenvalue weighted by Crippen LogP contribution is 2.44. The molecule has 4 atom stereocenters. The van der Waals surface area contributed by atoms with Crippen LogP contribution in [0.5, 0.6) is 0 Å². The molecule has 3 rings (SSSR count). The summed E-state index contributed by atoms with van der Waals surface area (Å²) in [7, 11) is 0. The number of rotatable bonds is 1. The SMILES string of the molecule is C[C@@H]1CC(C2Nc3cc(Cl)ccc3S2)C[C@H](C)N1. The lowest BCUT2D eigenvalue weighted by Crippen LogP contribution is -2.45. The molecule has 2 heterocycles. The second kappa shape index (κ2) is 4.95. The molecule has 2 aliphatic heterocycles. The van der Waals surface area contributed by atoms with Crippen LogP contribution in [-0.4, -0.2) is 17.5 Å². The van der Waals surface area contributed by atoms with Gasteiger partial charge in [-0.3, -0.25) is 0 Å². The van der Waals surface area contributed by atoms with Crippen molar-refractivity contribution in [3.8, 4) is 0 Å². The molecule has 1 fully saturated rings. The van der Waals surface area contributed by atoms with Crippen molar-refractivity contribution in [2.24, 2.45) is 5.92 Å². The highest BCUT2D eigenvalue weighted by molar-refractivity contribution is 8.00. The van der Waals surface area contributed by atoms with E-state index >= 15 is 0 Å². The lowest BCUT2D eigenvalue weighted by molar-refractivity contribution is 0.265. The number of fused-ring (bicyclic) bond motifs is 1. The van der Waals surface area contributed by atoms with Gasteiger partial charge in [-0.15, -0.1) is 0 Å². The summed E-state index contributed by atoms with van der Waals surface area (Å²) in [6, 6.07) is 7.38. The molecule has 98 valence electrons. The number of nitrogens with one attached hydrogen (secondary N) is 2. The number of piperidine rings is 1. The molecular weight excluding hydrogens is 264 g/mol. The quantitative estimate of drug-likeness (QED) is 0.815. The molecule has 2 unspecified atom stereocenters. The average molecular weight is 283 g/mol. The summed E-state index contributed by atoms with van der Waals surface area (Å²) in [5.74, 6) is 0.729. The van der Waals surface area contributed by atoms with Crippen LogP contribution in [-0.2, 0) is 0 Å². The number of hydrogen-bond acceptors (Lipinski definition) is 3. The van der Waals surface area contributed by atoms with Crippen molar-refractivity contribution in [2.75, 3.05) is 5.32 Å². The van der Waals surface area contributed by atoms with Gasteiger partial charge in [0.05, 0.1) is 11.1 Å². The predicted molar refractivity (Wildman–Crippen MR) is 79.5 cm³/mol. The maximum absolute atomic E-state index is 6.04. The Bertz CT molecular complexity index is 441. The van der Waals surface area contributed by atoms with Gasteiger partial charge in [-0.1, -0.05) is 23.4 Å². The van der Waals surface area contributed by atoms with E-state index < -0.39 is 0 Å². The highest BCUT2D eigenvalue weighted by atomic mass is 35.5. The van der Waals surface area contributed by atoms with Gasteiger partial charge in [0.2, 0.25) is 0 Å². The molecule has 4 heteroatoms. The van der Waals surface area contributed by atoms with Crippen LogP contribution < -0.4 is 10.6 Å². The summed E-state index contributed by atoms with van der Waals surface area (Å²) in [4.78, 5) is 1.34. The van der Waals surface area contributed by atoms with E-state index in [1.807, 2.05) is 23.9 Å². The van der Waals surface area contributed by atoms with Gasteiger partial charge in [0.15, 0.2) is 0 Å². The Hall–Kier alpha value is -0.380. The normalized spacial score (nSPS) is 35.1. The number of anilines is 1. The van der Waals surface area contributed by atoms with Crippen molar-refractivity contribution in [3.05, 3.63) is 23.2 Å².